The molecule has 0 aromatic heterocycles. The number of rotatable bonds is 7. The number of nitrogens with zero attached hydrogens (tertiary/aromatic N) is 1. The molecule has 3 rings (SSSR count). The first-order valence-corrected chi connectivity index (χ1v) is 11.0. The van der Waals surface area contributed by atoms with Gasteiger partial charge in [-0.25, -0.2) is 0 Å². The van der Waals surface area contributed by atoms with Crippen LogP contribution in [0.1, 0.15) is 31.2 Å². The predicted molar refractivity (Wildman–Crippen MR) is 114 cm³/mol. The maximum absolute atomic E-state index is 12.3. The molecule has 2 N–H and O–H groups in total. The van der Waals surface area contributed by atoms with Gasteiger partial charge in [-0.2, -0.15) is 0 Å². The van der Waals surface area contributed by atoms with Crippen LogP contribution in [0.2, 0.25) is 0 Å². The molecule has 1 atom stereocenters. The van der Waals surface area contributed by atoms with Crippen LogP contribution in [0.4, 0.5) is 0 Å². The maximum atomic E-state index is 12.3. The van der Waals surface area contributed by atoms with Gasteiger partial charge in [0.05, 0.1) is 10.8 Å². The molecule has 144 valence electrons. The summed E-state index contributed by atoms with van der Waals surface area (Å²) in [4.78, 5) is 5.21. The second kappa shape index (κ2) is 9.70. The highest BCUT2D eigenvalue weighted by Crippen LogP contribution is 2.40. The molecule has 0 heterocycles. The zero-order chi connectivity index (χ0) is 19.0. The van der Waals surface area contributed by atoms with E-state index in [1.807, 2.05) is 30.3 Å². The molecule has 0 saturated heterocycles. The lowest BCUT2D eigenvalue weighted by atomic mass is 9.79. The monoisotopic (exact) mass is 383 g/mol. The second-order valence-electron chi connectivity index (χ2n) is 7.07. The van der Waals surface area contributed by atoms with Crippen LogP contribution in [-0.2, 0) is 16.2 Å². The van der Waals surface area contributed by atoms with Crippen molar-refractivity contribution in [1.29, 1.82) is 0 Å². The van der Waals surface area contributed by atoms with Crippen LogP contribution in [0.15, 0.2) is 70.6 Å². The summed E-state index contributed by atoms with van der Waals surface area (Å²) in [6.45, 7) is 1.50. The summed E-state index contributed by atoms with van der Waals surface area (Å²) in [6, 6.07) is 20.4. The largest absolute Gasteiger partial charge is 0.356 e. The Balaban J connectivity index is 1.52. The van der Waals surface area contributed by atoms with E-state index in [1.165, 1.54) is 31.2 Å². The Hall–Kier alpha value is -2.14. The minimum absolute atomic E-state index is 0.186. The van der Waals surface area contributed by atoms with Gasteiger partial charge in [-0.3, -0.25) is 9.20 Å². The Bertz CT molecular complexity index is 756. The van der Waals surface area contributed by atoms with Crippen LogP contribution in [-0.4, -0.2) is 36.1 Å². The van der Waals surface area contributed by atoms with Gasteiger partial charge in [-0.1, -0.05) is 61.4 Å². The molecule has 2 aromatic carbocycles. The van der Waals surface area contributed by atoms with Crippen LogP contribution in [0.3, 0.4) is 0 Å². The van der Waals surface area contributed by atoms with Crippen molar-refractivity contribution in [3.8, 4) is 0 Å². The van der Waals surface area contributed by atoms with Gasteiger partial charge in [0.25, 0.3) is 0 Å². The van der Waals surface area contributed by atoms with Gasteiger partial charge in [-0.05, 0) is 30.5 Å². The molecular weight excluding hydrogens is 354 g/mol. The summed E-state index contributed by atoms with van der Waals surface area (Å²) in [5.74, 6) is 1.34. The van der Waals surface area contributed by atoms with Crippen molar-refractivity contribution in [1.82, 2.24) is 10.6 Å². The SMILES string of the molecule is CN=C(NCCS(=O)c1ccccc1)NCC1(c2ccccc2)CCCC1. The first-order chi connectivity index (χ1) is 13.2. The van der Waals surface area contributed by atoms with E-state index >= 15 is 0 Å². The number of hydrogen-bond acceptors (Lipinski definition) is 2. The number of hydrogen-bond donors (Lipinski definition) is 2. The van der Waals surface area contributed by atoms with E-state index in [9.17, 15) is 4.21 Å². The van der Waals surface area contributed by atoms with Gasteiger partial charge >= 0.3 is 0 Å². The minimum atomic E-state index is -0.991. The minimum Gasteiger partial charge on any atom is -0.356 e. The van der Waals surface area contributed by atoms with E-state index in [1.54, 1.807) is 7.05 Å². The van der Waals surface area contributed by atoms with Gasteiger partial charge in [-0.15, -0.1) is 0 Å². The number of benzene rings is 2. The van der Waals surface area contributed by atoms with Gasteiger partial charge in [0, 0.05) is 36.2 Å². The lowest BCUT2D eigenvalue weighted by Crippen LogP contribution is -2.45. The summed E-state index contributed by atoms with van der Waals surface area (Å²) in [6.07, 6.45) is 4.97. The van der Waals surface area contributed by atoms with E-state index in [0.717, 1.165) is 17.4 Å². The highest BCUT2D eigenvalue weighted by molar-refractivity contribution is 7.85. The normalized spacial score (nSPS) is 17.4. The van der Waals surface area contributed by atoms with E-state index in [2.05, 4.69) is 46.0 Å². The van der Waals surface area contributed by atoms with E-state index in [4.69, 9.17) is 0 Å². The lowest BCUT2D eigenvalue weighted by molar-refractivity contribution is 0.432. The molecule has 1 aliphatic carbocycles. The smallest absolute Gasteiger partial charge is 0.191 e. The van der Waals surface area contributed by atoms with Crippen molar-refractivity contribution >= 4 is 16.8 Å². The van der Waals surface area contributed by atoms with Gasteiger partial charge in [0.2, 0.25) is 0 Å². The van der Waals surface area contributed by atoms with Gasteiger partial charge in [0.1, 0.15) is 0 Å². The first kappa shape index (κ1) is 19.6. The quantitative estimate of drug-likeness (QED) is 0.569. The fourth-order valence-corrected chi connectivity index (χ4v) is 4.82. The lowest BCUT2D eigenvalue weighted by Gasteiger charge is -2.30. The molecular formula is C22H29N3OS. The molecule has 0 radical (unpaired) electrons. The van der Waals surface area contributed by atoms with Crippen LogP contribution in [0, 0.1) is 0 Å². The Labute approximate surface area is 165 Å². The molecule has 5 heteroatoms. The second-order valence-corrected chi connectivity index (χ2v) is 8.64. The Morgan fingerprint density at radius 1 is 1.00 bits per heavy atom. The van der Waals surface area contributed by atoms with Crippen LogP contribution < -0.4 is 10.6 Å². The third-order valence-electron chi connectivity index (χ3n) is 5.35. The molecule has 27 heavy (non-hydrogen) atoms. The first-order valence-electron chi connectivity index (χ1n) is 9.67. The predicted octanol–water partition coefficient (Wildman–Crippen LogP) is 3.47. The van der Waals surface area contributed by atoms with Crippen LogP contribution in [0.5, 0.6) is 0 Å². The standard InChI is InChI=1S/C22H29N3OS/c1-23-21(24-16-17-27(26)20-12-6-3-7-13-20)25-18-22(14-8-9-15-22)19-10-4-2-5-11-19/h2-7,10-13H,8-9,14-18H2,1H3,(H2,23,24,25). The van der Waals surface area contributed by atoms with Crippen molar-refractivity contribution in [2.75, 3.05) is 25.9 Å². The van der Waals surface area contributed by atoms with Crippen molar-refractivity contribution in [2.24, 2.45) is 4.99 Å². The number of aliphatic imine (C=N–C) groups is 1. The average Bonchev–Trinajstić information content (AvgIpc) is 3.22. The third kappa shape index (κ3) is 5.19. The molecule has 0 bridgehead atoms. The molecule has 0 aliphatic heterocycles. The molecule has 0 spiro atoms. The van der Waals surface area contributed by atoms with Crippen LogP contribution in [0.25, 0.3) is 0 Å². The molecule has 1 aliphatic rings. The Morgan fingerprint density at radius 2 is 1.63 bits per heavy atom. The summed E-state index contributed by atoms with van der Waals surface area (Å²) in [5.41, 5.74) is 1.60. The molecule has 2 aromatic rings. The summed E-state index contributed by atoms with van der Waals surface area (Å²) in [7, 11) is 0.794. The third-order valence-corrected chi connectivity index (χ3v) is 6.72. The van der Waals surface area contributed by atoms with Gasteiger partial charge < -0.3 is 10.6 Å². The molecule has 1 saturated carbocycles. The van der Waals surface area contributed by atoms with Crippen LogP contribution >= 0.6 is 0 Å². The molecule has 0 amide bonds. The van der Waals surface area contributed by atoms with Crippen molar-refractivity contribution in [3.63, 3.8) is 0 Å². The fourth-order valence-electron chi connectivity index (χ4n) is 3.84. The summed E-state index contributed by atoms with van der Waals surface area (Å²) < 4.78 is 12.3. The summed E-state index contributed by atoms with van der Waals surface area (Å²) >= 11 is 0. The highest BCUT2D eigenvalue weighted by Gasteiger charge is 2.35. The number of nitrogens with one attached hydrogen (secondary N) is 2. The van der Waals surface area contributed by atoms with E-state index in [0.29, 0.717) is 12.3 Å². The van der Waals surface area contributed by atoms with Crippen molar-refractivity contribution in [2.45, 2.75) is 36.0 Å². The van der Waals surface area contributed by atoms with E-state index < -0.39 is 10.8 Å². The highest BCUT2D eigenvalue weighted by atomic mass is 32.2. The zero-order valence-corrected chi connectivity index (χ0v) is 16.8. The number of guanidine groups is 1. The molecule has 4 nitrogen and oxygen atoms in total. The Morgan fingerprint density at radius 3 is 2.26 bits per heavy atom. The van der Waals surface area contributed by atoms with Crippen molar-refractivity contribution < 1.29 is 4.21 Å². The molecule has 1 unspecified atom stereocenters. The fraction of sp³-hybridized carbons (Fsp3) is 0.409. The Kier molecular flexibility index (Phi) is 7.04. The average molecular weight is 384 g/mol. The summed E-state index contributed by atoms with van der Waals surface area (Å²) in [5, 5.41) is 6.81. The maximum Gasteiger partial charge on any atom is 0.191 e. The van der Waals surface area contributed by atoms with Gasteiger partial charge in [0.15, 0.2) is 5.96 Å². The topological polar surface area (TPSA) is 53.5 Å². The van der Waals surface area contributed by atoms with Crippen molar-refractivity contribution in [3.05, 3.63) is 66.2 Å². The molecule has 1 fully saturated rings. The van der Waals surface area contributed by atoms with E-state index in [-0.39, 0.29) is 5.41 Å². The zero-order valence-electron chi connectivity index (χ0n) is 16.0.